The molecule has 410 valence electrons. The van der Waals surface area contributed by atoms with Gasteiger partial charge in [-0.15, -0.1) is 0 Å². The Hall–Kier alpha value is -7.82. The van der Waals surface area contributed by atoms with Gasteiger partial charge in [-0.25, -0.2) is 27.8 Å². The van der Waals surface area contributed by atoms with Crippen molar-refractivity contribution in [3.63, 3.8) is 0 Å². The Balaban J connectivity index is 1.04. The van der Waals surface area contributed by atoms with Crippen molar-refractivity contribution in [3.05, 3.63) is 92.8 Å². The number of aliphatic carboxylic acids is 1. The number of benzene rings is 2. The number of likely N-dealkylation sites (N-methyl/N-ethyl adjacent to an activating group) is 1. The quantitative estimate of drug-likeness (QED) is 0.0360. The van der Waals surface area contributed by atoms with Gasteiger partial charge < -0.3 is 64.0 Å². The third-order valence-electron chi connectivity index (χ3n) is 13.6. The molecule has 5 amide bonds. The van der Waals surface area contributed by atoms with Gasteiger partial charge >= 0.3 is 18.0 Å². The van der Waals surface area contributed by atoms with E-state index in [1.54, 1.807) is 25.1 Å². The molecule has 0 unspecified atom stereocenters. The fourth-order valence-corrected chi connectivity index (χ4v) is 9.93. The molecular formula is C50H54N6O20S. The van der Waals surface area contributed by atoms with Gasteiger partial charge in [0.25, 0.3) is 17.4 Å². The number of rotatable bonds is 19. The van der Waals surface area contributed by atoms with Crippen molar-refractivity contribution < 1.29 is 91.2 Å². The molecular weight excluding hydrogens is 1040 g/mol. The molecule has 0 spiro atoms. The summed E-state index contributed by atoms with van der Waals surface area (Å²) in [5.74, 6) is -6.21. The Morgan fingerprint density at radius 3 is 2.36 bits per heavy atom. The number of hydrogen-bond acceptors (Lipinski definition) is 20. The number of aliphatic hydroxyl groups excluding tert-OH is 3. The highest BCUT2D eigenvalue weighted by Crippen LogP contribution is 2.43. The first-order chi connectivity index (χ1) is 36.4. The summed E-state index contributed by atoms with van der Waals surface area (Å²) >= 11 is 0. The van der Waals surface area contributed by atoms with Crippen LogP contribution in [0.25, 0.3) is 22.3 Å². The number of amides is 5. The second-order valence-corrected chi connectivity index (χ2v) is 20.9. The number of aryl methyl sites for hydroxylation is 1. The highest BCUT2D eigenvalue weighted by atomic mass is 32.2. The third-order valence-corrected chi connectivity index (χ3v) is 14.5. The molecule has 77 heavy (non-hydrogen) atoms. The van der Waals surface area contributed by atoms with Crippen LogP contribution in [0.5, 0.6) is 11.5 Å². The van der Waals surface area contributed by atoms with Crippen molar-refractivity contribution >= 4 is 68.1 Å². The van der Waals surface area contributed by atoms with E-state index in [1.165, 1.54) is 35.9 Å². The first-order valence-corrected chi connectivity index (χ1v) is 26.1. The standard InChI is InChI=1S/C50H54N6O20S/c1-5-27-28-18-26(57)8-9-32(28)52-40-29(27)20-56-34(40)19-31-30(45(56)65)23-72-48(68)50(31,6-2)74-24-54(15-16-77(4,70)71)49(69)73-22-25-7-10-35(75-47-43(64)41(62)42(63)44(76-47)46(66)67)33(17-25)51-36(58)21-53(3)37(59)13-14-55-38(60)11-12-39(55)61/h7-12,17-19,41-44,47,57,62-64H,5-6,13-16,20-24H2,1-4H3,(H,51,58)(H,66,67)/t41-,42-,43+,44-,47+,50-/m0/s1. The molecule has 1 fully saturated rings. The number of aliphatic hydroxyl groups is 3. The normalized spacial score (nSPS) is 21.5. The topological polar surface area (TPSA) is 358 Å². The Bertz CT molecular complexity index is 3290. The number of nitrogens with one attached hydrogen (secondary N) is 1. The van der Waals surface area contributed by atoms with Gasteiger partial charge in [-0.2, -0.15) is 0 Å². The van der Waals surface area contributed by atoms with Gasteiger partial charge in [-0.1, -0.05) is 19.9 Å². The summed E-state index contributed by atoms with van der Waals surface area (Å²) in [4.78, 5) is 112. The van der Waals surface area contributed by atoms with Gasteiger partial charge in [0, 0.05) is 61.5 Å². The number of carbonyl (C=O) groups is 7. The molecule has 26 nitrogen and oxygen atoms in total. The molecule has 27 heteroatoms. The van der Waals surface area contributed by atoms with Crippen LogP contribution in [-0.4, -0.2) is 176 Å². The fourth-order valence-electron chi connectivity index (χ4n) is 9.37. The van der Waals surface area contributed by atoms with Crippen LogP contribution in [0.3, 0.4) is 0 Å². The van der Waals surface area contributed by atoms with Crippen LogP contribution in [0.2, 0.25) is 0 Å². The van der Waals surface area contributed by atoms with E-state index in [4.69, 9.17) is 28.7 Å². The summed E-state index contributed by atoms with van der Waals surface area (Å²) in [6, 6.07) is 10.1. The number of carbonyl (C=O) groups excluding carboxylic acids is 6. The van der Waals surface area contributed by atoms with E-state index < -0.39 is 132 Å². The van der Waals surface area contributed by atoms with E-state index in [0.717, 1.165) is 44.2 Å². The summed E-state index contributed by atoms with van der Waals surface area (Å²) in [6.45, 7) is 0.486. The zero-order chi connectivity index (χ0) is 55.8. The maximum absolute atomic E-state index is 14.3. The number of phenols is 1. The number of aromatic hydroxyl groups is 1. The lowest BCUT2D eigenvalue weighted by molar-refractivity contribution is -0.271. The third kappa shape index (κ3) is 11.2. The van der Waals surface area contributed by atoms with Crippen molar-refractivity contribution in [2.75, 3.05) is 50.7 Å². The Morgan fingerprint density at radius 1 is 0.961 bits per heavy atom. The molecule has 6 heterocycles. The molecule has 6 atom stereocenters. The van der Waals surface area contributed by atoms with Crippen molar-refractivity contribution in [1.82, 2.24) is 24.3 Å². The number of ether oxygens (including phenoxy) is 5. The summed E-state index contributed by atoms with van der Waals surface area (Å²) in [6.07, 6.45) is -8.24. The SMILES string of the molecule is CCc1c2c(nc3ccc(O)cc13)-c1cc3c(c(=O)n1C2)COC(=O)[C@@]3(CC)OCN(CCS(C)(=O)=O)C(=O)OCc1ccc(O[C@@H]2O[C@H](C(=O)O)[C@@H](O)[C@H](O)[C@H]2O)c(NC(=O)CN(C)C(=O)CCN2C(=O)C=CC2=O)c1. The number of anilines is 1. The van der Waals surface area contributed by atoms with Crippen molar-refractivity contribution in [2.24, 2.45) is 0 Å². The molecule has 4 aliphatic heterocycles. The molecule has 8 rings (SSSR count). The number of hydrogen-bond donors (Lipinski definition) is 6. The van der Waals surface area contributed by atoms with Crippen LogP contribution >= 0.6 is 0 Å². The van der Waals surface area contributed by atoms with Crippen molar-refractivity contribution in [2.45, 2.75) is 89.2 Å². The molecule has 4 aromatic rings. The minimum atomic E-state index is -3.75. The number of cyclic esters (lactones) is 1. The van der Waals surface area contributed by atoms with E-state index in [-0.39, 0.29) is 59.8 Å². The molecule has 6 N–H and O–H groups in total. The van der Waals surface area contributed by atoms with Gasteiger partial charge in [-0.3, -0.25) is 33.8 Å². The van der Waals surface area contributed by atoms with Crippen LogP contribution in [-0.2, 0) is 89.3 Å². The lowest BCUT2D eigenvalue weighted by Crippen LogP contribution is -2.61. The zero-order valence-corrected chi connectivity index (χ0v) is 42.7. The van der Waals surface area contributed by atoms with Crippen molar-refractivity contribution in [3.8, 4) is 22.9 Å². The van der Waals surface area contributed by atoms with Crippen LogP contribution in [0.1, 0.15) is 54.5 Å². The number of carboxylic acids is 1. The highest BCUT2D eigenvalue weighted by molar-refractivity contribution is 7.90. The number of carboxylic acid groups (broad SMARTS) is 1. The Kier molecular flexibility index (Phi) is 15.9. The minimum absolute atomic E-state index is 0.0438. The summed E-state index contributed by atoms with van der Waals surface area (Å²) in [7, 11) is -2.48. The predicted molar refractivity (Wildman–Crippen MR) is 264 cm³/mol. The average Bonchev–Trinajstić information content (AvgIpc) is 3.98. The summed E-state index contributed by atoms with van der Waals surface area (Å²) < 4.78 is 54.9. The van der Waals surface area contributed by atoms with E-state index >= 15 is 0 Å². The number of sulfone groups is 1. The number of fused-ring (bicyclic) bond motifs is 5. The number of imide groups is 1. The van der Waals surface area contributed by atoms with E-state index in [2.05, 4.69) is 5.32 Å². The van der Waals surface area contributed by atoms with Gasteiger partial charge in [-0.05, 0) is 60.4 Å². The van der Waals surface area contributed by atoms with Gasteiger partial charge in [0.2, 0.25) is 18.1 Å². The van der Waals surface area contributed by atoms with Crippen molar-refractivity contribution in [1.29, 1.82) is 0 Å². The largest absolute Gasteiger partial charge is 0.508 e. The van der Waals surface area contributed by atoms with Crippen LogP contribution in [0.4, 0.5) is 10.5 Å². The van der Waals surface area contributed by atoms with Crippen LogP contribution in [0.15, 0.2) is 59.4 Å². The molecule has 0 saturated carbocycles. The number of aromatic nitrogens is 2. The fraction of sp³-hybridized carbons (Fsp3) is 0.420. The van der Waals surface area contributed by atoms with E-state index in [9.17, 15) is 72.3 Å². The van der Waals surface area contributed by atoms with Gasteiger partial charge in [0.1, 0.15) is 59.6 Å². The first-order valence-electron chi connectivity index (χ1n) is 24.1. The van der Waals surface area contributed by atoms with E-state index in [0.29, 0.717) is 28.7 Å². The molecule has 0 radical (unpaired) electrons. The first kappa shape index (κ1) is 55.4. The van der Waals surface area contributed by atoms with Crippen LogP contribution in [0, 0.1) is 0 Å². The maximum Gasteiger partial charge on any atom is 0.411 e. The lowest BCUT2D eigenvalue weighted by Gasteiger charge is -2.38. The molecule has 0 aliphatic carbocycles. The minimum Gasteiger partial charge on any atom is -0.508 e. The molecule has 4 aliphatic rings. The predicted octanol–water partition coefficient (Wildman–Crippen LogP) is -0.00420. The second-order valence-electron chi connectivity index (χ2n) is 18.7. The second kappa shape index (κ2) is 22.0. The Labute approximate surface area is 437 Å². The average molecular weight is 1090 g/mol. The summed E-state index contributed by atoms with van der Waals surface area (Å²) in [5, 5.41) is 54.4. The molecule has 2 aromatic heterocycles. The Morgan fingerprint density at radius 2 is 1.69 bits per heavy atom. The van der Waals surface area contributed by atoms with Crippen LogP contribution < -0.4 is 15.6 Å². The maximum atomic E-state index is 14.3. The molecule has 0 bridgehead atoms. The summed E-state index contributed by atoms with van der Waals surface area (Å²) in [5.41, 5.74) is 0.677. The van der Waals surface area contributed by atoms with E-state index in [1.807, 2.05) is 6.92 Å². The monoisotopic (exact) mass is 1090 g/mol. The molecule has 1 saturated heterocycles. The zero-order valence-electron chi connectivity index (χ0n) is 41.9. The number of nitrogens with zero attached hydrogens (tertiary/aromatic N) is 5. The number of pyridine rings is 2. The molecule has 2 aromatic carbocycles. The lowest BCUT2D eigenvalue weighted by atomic mass is 9.85. The smallest absolute Gasteiger partial charge is 0.411 e. The number of phenolic OH excluding ortho intramolecular Hbond substituents is 1. The number of esters is 1. The van der Waals surface area contributed by atoms with Gasteiger partial charge in [0.05, 0.1) is 47.0 Å². The highest BCUT2D eigenvalue weighted by Gasteiger charge is 2.50. The van der Waals surface area contributed by atoms with Gasteiger partial charge in [0.15, 0.2) is 11.7 Å².